The maximum absolute atomic E-state index is 10.5. The van der Waals surface area contributed by atoms with Crippen LogP contribution in [-0.4, -0.2) is 11.5 Å². The van der Waals surface area contributed by atoms with E-state index in [1.54, 1.807) is 6.07 Å². The Kier molecular flexibility index (Phi) is 3.79. The molecule has 4 nitrogen and oxygen atoms in total. The van der Waals surface area contributed by atoms with Crippen LogP contribution in [0.5, 0.6) is 0 Å². The van der Waals surface area contributed by atoms with Crippen molar-refractivity contribution >= 4 is 16.3 Å². The van der Waals surface area contributed by atoms with Crippen LogP contribution in [0.15, 0.2) is 12.1 Å². The molecule has 1 aliphatic carbocycles. The lowest BCUT2D eigenvalue weighted by molar-refractivity contribution is -0.380. The molecule has 1 aromatic heterocycles. The van der Waals surface area contributed by atoms with Crippen LogP contribution >= 0.6 is 11.3 Å². The minimum absolute atomic E-state index is 0.232. The van der Waals surface area contributed by atoms with Gasteiger partial charge in [0.15, 0.2) is 0 Å². The Morgan fingerprint density at radius 1 is 1.53 bits per heavy atom. The van der Waals surface area contributed by atoms with E-state index in [1.165, 1.54) is 37.0 Å². The van der Waals surface area contributed by atoms with Crippen molar-refractivity contribution in [2.45, 2.75) is 39.2 Å². The monoisotopic (exact) mass is 254 g/mol. The molecule has 0 aromatic carbocycles. The zero-order valence-electron chi connectivity index (χ0n) is 10.1. The fraction of sp³-hybridized carbons (Fsp3) is 0.667. The molecule has 1 N–H and O–H groups in total. The van der Waals surface area contributed by atoms with Crippen molar-refractivity contribution in [1.82, 2.24) is 5.32 Å². The molecular weight excluding hydrogens is 236 g/mol. The first kappa shape index (κ1) is 12.5. The van der Waals surface area contributed by atoms with Crippen LogP contribution in [0.1, 0.15) is 37.5 Å². The molecule has 0 aliphatic heterocycles. The van der Waals surface area contributed by atoms with E-state index >= 15 is 0 Å². The third-order valence-electron chi connectivity index (χ3n) is 3.79. The van der Waals surface area contributed by atoms with Crippen LogP contribution in [0, 0.1) is 15.5 Å². The van der Waals surface area contributed by atoms with Gasteiger partial charge in [-0.1, -0.05) is 24.7 Å². The zero-order valence-corrected chi connectivity index (χ0v) is 10.9. The first-order valence-corrected chi connectivity index (χ1v) is 6.91. The quantitative estimate of drug-likeness (QED) is 0.626. The Morgan fingerprint density at radius 3 is 2.76 bits per heavy atom. The molecule has 17 heavy (non-hydrogen) atoms. The van der Waals surface area contributed by atoms with Gasteiger partial charge in [-0.3, -0.25) is 10.1 Å². The standard InChI is InChI=1S/C12H18N2O2S/c1-2-12(6-3-7-12)9-13-8-10-4-5-11(17-10)14(15)16/h4-5,13H,2-3,6-9H2,1H3. The third kappa shape index (κ3) is 2.84. The van der Waals surface area contributed by atoms with Crippen LogP contribution in [0.2, 0.25) is 0 Å². The molecule has 0 unspecified atom stereocenters. The topological polar surface area (TPSA) is 55.2 Å². The summed E-state index contributed by atoms with van der Waals surface area (Å²) in [6.07, 6.45) is 5.22. The van der Waals surface area contributed by atoms with Crippen molar-refractivity contribution in [2.24, 2.45) is 5.41 Å². The van der Waals surface area contributed by atoms with Crippen molar-refractivity contribution in [3.63, 3.8) is 0 Å². The Balaban J connectivity index is 1.79. The van der Waals surface area contributed by atoms with Crippen molar-refractivity contribution in [3.8, 4) is 0 Å². The number of thiophene rings is 1. The Hall–Kier alpha value is -0.940. The molecule has 0 amide bonds. The molecule has 1 fully saturated rings. The Bertz CT molecular complexity index is 393. The minimum Gasteiger partial charge on any atom is -0.311 e. The predicted molar refractivity (Wildman–Crippen MR) is 69.3 cm³/mol. The maximum atomic E-state index is 10.5. The molecule has 0 atom stereocenters. The van der Waals surface area contributed by atoms with Crippen molar-refractivity contribution in [1.29, 1.82) is 0 Å². The van der Waals surface area contributed by atoms with Crippen molar-refractivity contribution in [3.05, 3.63) is 27.1 Å². The fourth-order valence-corrected chi connectivity index (χ4v) is 3.13. The van der Waals surface area contributed by atoms with Gasteiger partial charge < -0.3 is 5.32 Å². The van der Waals surface area contributed by atoms with Crippen LogP contribution in [0.3, 0.4) is 0 Å². The summed E-state index contributed by atoms with van der Waals surface area (Å²) in [7, 11) is 0. The van der Waals surface area contributed by atoms with E-state index in [2.05, 4.69) is 12.2 Å². The average molecular weight is 254 g/mol. The van der Waals surface area contributed by atoms with E-state index in [0.29, 0.717) is 5.41 Å². The normalized spacial score (nSPS) is 17.7. The average Bonchev–Trinajstić information content (AvgIpc) is 2.71. The minimum atomic E-state index is -0.326. The highest BCUT2D eigenvalue weighted by Crippen LogP contribution is 2.43. The van der Waals surface area contributed by atoms with Gasteiger partial charge in [-0.05, 0) is 30.7 Å². The van der Waals surface area contributed by atoms with Crippen molar-refractivity contribution in [2.75, 3.05) is 6.54 Å². The van der Waals surface area contributed by atoms with Crippen LogP contribution in [-0.2, 0) is 6.54 Å². The zero-order chi connectivity index (χ0) is 12.3. The maximum Gasteiger partial charge on any atom is 0.324 e. The van der Waals surface area contributed by atoms with Crippen LogP contribution < -0.4 is 5.32 Å². The van der Waals surface area contributed by atoms with Gasteiger partial charge in [0, 0.05) is 24.0 Å². The summed E-state index contributed by atoms with van der Waals surface area (Å²) >= 11 is 1.26. The van der Waals surface area contributed by atoms with Crippen LogP contribution in [0.25, 0.3) is 0 Å². The van der Waals surface area contributed by atoms with E-state index in [0.717, 1.165) is 18.0 Å². The lowest BCUT2D eigenvalue weighted by Gasteiger charge is -2.41. The summed E-state index contributed by atoms with van der Waals surface area (Å²) < 4.78 is 0. The van der Waals surface area contributed by atoms with E-state index in [-0.39, 0.29) is 9.92 Å². The van der Waals surface area contributed by atoms with Gasteiger partial charge in [0.05, 0.1) is 4.92 Å². The Labute approximate surface area is 105 Å². The highest BCUT2D eigenvalue weighted by molar-refractivity contribution is 7.15. The first-order valence-electron chi connectivity index (χ1n) is 6.09. The molecule has 1 aliphatic rings. The van der Waals surface area contributed by atoms with E-state index < -0.39 is 0 Å². The van der Waals surface area contributed by atoms with Gasteiger partial charge in [-0.2, -0.15) is 0 Å². The molecule has 2 rings (SSSR count). The van der Waals surface area contributed by atoms with Gasteiger partial charge >= 0.3 is 5.00 Å². The lowest BCUT2D eigenvalue weighted by atomic mass is 9.67. The fourth-order valence-electron chi connectivity index (χ4n) is 2.34. The number of nitrogens with one attached hydrogen (secondary N) is 1. The molecule has 0 saturated heterocycles. The van der Waals surface area contributed by atoms with Gasteiger partial charge in [0.1, 0.15) is 0 Å². The second kappa shape index (κ2) is 5.14. The van der Waals surface area contributed by atoms with Gasteiger partial charge in [0.25, 0.3) is 0 Å². The Morgan fingerprint density at radius 2 is 2.29 bits per heavy atom. The number of nitrogens with zero attached hydrogens (tertiary/aromatic N) is 1. The molecule has 1 heterocycles. The molecule has 94 valence electrons. The molecule has 0 bridgehead atoms. The largest absolute Gasteiger partial charge is 0.324 e. The molecule has 5 heteroatoms. The van der Waals surface area contributed by atoms with Crippen LogP contribution in [0.4, 0.5) is 5.00 Å². The highest BCUT2D eigenvalue weighted by Gasteiger charge is 2.34. The number of hydrogen-bond acceptors (Lipinski definition) is 4. The van der Waals surface area contributed by atoms with Crippen molar-refractivity contribution < 1.29 is 4.92 Å². The summed E-state index contributed by atoms with van der Waals surface area (Å²) in [5.74, 6) is 0. The summed E-state index contributed by atoms with van der Waals surface area (Å²) in [6.45, 7) is 4.03. The first-order chi connectivity index (χ1) is 8.15. The molecule has 1 aromatic rings. The second-order valence-corrected chi connectivity index (χ2v) is 5.95. The predicted octanol–water partition coefficient (Wildman–Crippen LogP) is 3.33. The number of rotatable bonds is 6. The second-order valence-electron chi connectivity index (χ2n) is 4.81. The number of hydrogen-bond donors (Lipinski definition) is 1. The lowest BCUT2D eigenvalue weighted by Crippen LogP contribution is -2.39. The summed E-state index contributed by atoms with van der Waals surface area (Å²) in [4.78, 5) is 11.3. The third-order valence-corrected chi connectivity index (χ3v) is 4.83. The molecular formula is C12H18N2O2S. The summed E-state index contributed by atoms with van der Waals surface area (Å²) in [6, 6.07) is 3.43. The van der Waals surface area contributed by atoms with E-state index in [4.69, 9.17) is 0 Å². The SMILES string of the molecule is CCC1(CNCc2ccc([N+](=O)[O-])s2)CCC1. The summed E-state index contributed by atoms with van der Waals surface area (Å²) in [5, 5.41) is 14.2. The van der Waals surface area contributed by atoms with Gasteiger partial charge in [0.2, 0.25) is 0 Å². The van der Waals surface area contributed by atoms with Gasteiger partial charge in [-0.25, -0.2) is 0 Å². The molecule has 0 spiro atoms. The highest BCUT2D eigenvalue weighted by atomic mass is 32.1. The summed E-state index contributed by atoms with van der Waals surface area (Å²) in [5.41, 5.74) is 0.503. The molecule has 0 radical (unpaired) electrons. The van der Waals surface area contributed by atoms with E-state index in [9.17, 15) is 10.1 Å². The molecule has 1 saturated carbocycles. The number of nitro groups is 1. The van der Waals surface area contributed by atoms with E-state index in [1.807, 2.05) is 6.07 Å². The smallest absolute Gasteiger partial charge is 0.311 e. The van der Waals surface area contributed by atoms with Gasteiger partial charge in [-0.15, -0.1) is 0 Å².